The Hall–Kier alpha value is -1.28. The molecule has 0 unspecified atom stereocenters. The first-order chi connectivity index (χ1) is 9.25. The van der Waals surface area contributed by atoms with Gasteiger partial charge in [-0.3, -0.25) is 4.79 Å². The normalized spacial score (nSPS) is 19.7. The monoisotopic (exact) mass is 284 g/mol. The Balaban J connectivity index is 1.83. The minimum absolute atomic E-state index is 0.00708. The lowest BCUT2D eigenvalue weighted by atomic mass is 10.4. The van der Waals surface area contributed by atoms with E-state index in [-0.39, 0.29) is 5.75 Å². The van der Waals surface area contributed by atoms with Crippen LogP contribution in [-0.2, 0) is 9.53 Å². The molecule has 1 aromatic rings. The lowest BCUT2D eigenvalue weighted by Crippen LogP contribution is -2.45. The van der Waals surface area contributed by atoms with Crippen LogP contribution >= 0.6 is 11.8 Å². The van der Waals surface area contributed by atoms with E-state index in [1.165, 1.54) is 11.8 Å². The zero-order valence-corrected chi connectivity index (χ0v) is 11.3. The predicted molar refractivity (Wildman–Crippen MR) is 69.1 cm³/mol. The summed E-state index contributed by atoms with van der Waals surface area (Å²) in [6, 6.07) is 0. The molecule has 7 nitrogen and oxygen atoms in total. The van der Waals surface area contributed by atoms with Crippen molar-refractivity contribution in [2.75, 3.05) is 37.1 Å². The van der Waals surface area contributed by atoms with Crippen molar-refractivity contribution in [1.82, 2.24) is 14.9 Å². The number of thioether (sulfide) groups is 1. The molecule has 1 aromatic heterocycles. The average molecular weight is 284 g/mol. The van der Waals surface area contributed by atoms with Crippen LogP contribution in [0.25, 0.3) is 0 Å². The third kappa shape index (κ3) is 2.84. The van der Waals surface area contributed by atoms with Crippen molar-refractivity contribution in [3.05, 3.63) is 5.82 Å². The van der Waals surface area contributed by atoms with Crippen LogP contribution in [-0.4, -0.2) is 58.0 Å². The minimum Gasteiger partial charge on any atom is -0.481 e. The Kier molecular flexibility index (Phi) is 3.61. The number of carbonyl (C=O) groups is 1. The largest absolute Gasteiger partial charge is 0.481 e. The van der Waals surface area contributed by atoms with Gasteiger partial charge in [0.05, 0.1) is 32.1 Å². The van der Waals surface area contributed by atoms with E-state index in [4.69, 9.17) is 9.84 Å². The second kappa shape index (κ2) is 5.38. The summed E-state index contributed by atoms with van der Waals surface area (Å²) in [6.45, 7) is 2.95. The van der Waals surface area contributed by atoms with Gasteiger partial charge < -0.3 is 14.9 Å². The first kappa shape index (κ1) is 12.7. The first-order valence-electron chi connectivity index (χ1n) is 6.38. The van der Waals surface area contributed by atoms with Gasteiger partial charge in [-0.25, -0.2) is 4.68 Å². The highest BCUT2D eigenvalue weighted by molar-refractivity contribution is 7.99. The molecular formula is C11H16N4O3S. The maximum Gasteiger partial charge on any atom is 0.313 e. The summed E-state index contributed by atoms with van der Waals surface area (Å²) in [5, 5.41) is 20.0. The number of morpholine rings is 1. The lowest BCUT2D eigenvalue weighted by molar-refractivity contribution is -0.133. The van der Waals surface area contributed by atoms with Gasteiger partial charge in [0.25, 0.3) is 0 Å². The van der Waals surface area contributed by atoms with E-state index in [0.29, 0.717) is 24.3 Å². The van der Waals surface area contributed by atoms with Crippen molar-refractivity contribution in [1.29, 1.82) is 0 Å². The van der Waals surface area contributed by atoms with Crippen LogP contribution in [0.3, 0.4) is 0 Å². The van der Waals surface area contributed by atoms with E-state index >= 15 is 0 Å². The van der Waals surface area contributed by atoms with Gasteiger partial charge in [-0.1, -0.05) is 11.8 Å². The fourth-order valence-electron chi connectivity index (χ4n) is 2.11. The predicted octanol–water partition coefficient (Wildman–Crippen LogP) is 0.300. The molecule has 1 N–H and O–H groups in total. The van der Waals surface area contributed by atoms with Gasteiger partial charge in [-0.2, -0.15) is 0 Å². The van der Waals surface area contributed by atoms with Crippen LogP contribution in [0.1, 0.15) is 24.6 Å². The van der Waals surface area contributed by atoms with E-state index in [1.54, 1.807) is 0 Å². The molecule has 104 valence electrons. The molecule has 2 fully saturated rings. The van der Waals surface area contributed by atoms with Gasteiger partial charge in [0.1, 0.15) is 0 Å². The molecule has 3 rings (SSSR count). The Morgan fingerprint density at radius 2 is 2.11 bits per heavy atom. The van der Waals surface area contributed by atoms with Crippen LogP contribution in [0.15, 0.2) is 5.16 Å². The molecule has 2 aliphatic rings. The van der Waals surface area contributed by atoms with Crippen molar-refractivity contribution in [3.8, 4) is 0 Å². The molecule has 1 saturated heterocycles. The van der Waals surface area contributed by atoms with Gasteiger partial charge in [0.2, 0.25) is 5.16 Å². The molecule has 1 saturated carbocycles. The number of carboxylic acids is 1. The van der Waals surface area contributed by atoms with E-state index in [1.807, 2.05) is 4.68 Å². The summed E-state index contributed by atoms with van der Waals surface area (Å²) in [7, 11) is 0. The van der Waals surface area contributed by atoms with Gasteiger partial charge in [0, 0.05) is 5.92 Å². The van der Waals surface area contributed by atoms with Gasteiger partial charge in [-0.15, -0.1) is 10.2 Å². The van der Waals surface area contributed by atoms with Crippen LogP contribution < -0.4 is 5.01 Å². The third-order valence-corrected chi connectivity index (χ3v) is 4.08. The zero-order valence-electron chi connectivity index (χ0n) is 10.5. The molecule has 1 aliphatic carbocycles. The maximum absolute atomic E-state index is 10.7. The Labute approximate surface area is 114 Å². The van der Waals surface area contributed by atoms with Crippen molar-refractivity contribution in [3.63, 3.8) is 0 Å². The fraction of sp³-hybridized carbons (Fsp3) is 0.727. The molecule has 8 heteroatoms. The minimum atomic E-state index is -0.838. The Bertz CT molecular complexity index is 469. The van der Waals surface area contributed by atoms with Crippen molar-refractivity contribution in [2.45, 2.75) is 23.9 Å². The zero-order chi connectivity index (χ0) is 13.2. The van der Waals surface area contributed by atoms with Crippen molar-refractivity contribution >= 4 is 17.7 Å². The average Bonchev–Trinajstić information content (AvgIpc) is 3.17. The smallest absolute Gasteiger partial charge is 0.313 e. The fourth-order valence-corrected chi connectivity index (χ4v) is 2.79. The second-order valence-corrected chi connectivity index (χ2v) is 5.62. The highest BCUT2D eigenvalue weighted by Gasteiger charge is 2.32. The van der Waals surface area contributed by atoms with Crippen molar-refractivity contribution in [2.24, 2.45) is 0 Å². The van der Waals surface area contributed by atoms with E-state index in [2.05, 4.69) is 15.2 Å². The number of ether oxygens (including phenoxy) is 1. The lowest BCUT2D eigenvalue weighted by Gasteiger charge is -2.31. The number of rotatable bonds is 5. The summed E-state index contributed by atoms with van der Waals surface area (Å²) in [5.74, 6) is 0.617. The van der Waals surface area contributed by atoms with Crippen LogP contribution in [0.5, 0.6) is 0 Å². The molecule has 2 heterocycles. The number of hydrogen-bond acceptors (Lipinski definition) is 6. The highest BCUT2D eigenvalue weighted by Crippen LogP contribution is 2.40. The molecule has 0 bridgehead atoms. The van der Waals surface area contributed by atoms with Crippen LogP contribution in [0, 0.1) is 0 Å². The number of aliphatic carboxylic acids is 1. The summed E-state index contributed by atoms with van der Waals surface area (Å²) < 4.78 is 7.36. The first-order valence-corrected chi connectivity index (χ1v) is 7.37. The summed E-state index contributed by atoms with van der Waals surface area (Å²) >= 11 is 1.22. The summed E-state index contributed by atoms with van der Waals surface area (Å²) in [6.07, 6.45) is 2.29. The number of nitrogens with zero attached hydrogens (tertiary/aromatic N) is 4. The van der Waals surface area contributed by atoms with E-state index in [0.717, 1.165) is 31.8 Å². The second-order valence-electron chi connectivity index (χ2n) is 4.68. The molecular weight excluding hydrogens is 268 g/mol. The standard InChI is InChI=1S/C11H16N4O3S/c16-9(17)7-19-11-13-12-10(8-1-2-8)15(11)14-3-5-18-6-4-14/h8H,1-7H2,(H,16,17). The molecule has 0 spiro atoms. The van der Waals surface area contributed by atoms with E-state index in [9.17, 15) is 4.79 Å². The summed E-state index contributed by atoms with van der Waals surface area (Å²) in [5.41, 5.74) is 0. The van der Waals surface area contributed by atoms with Crippen molar-refractivity contribution < 1.29 is 14.6 Å². The molecule has 0 radical (unpaired) electrons. The molecule has 19 heavy (non-hydrogen) atoms. The molecule has 0 aromatic carbocycles. The maximum atomic E-state index is 10.7. The Morgan fingerprint density at radius 1 is 1.37 bits per heavy atom. The molecule has 0 atom stereocenters. The van der Waals surface area contributed by atoms with Gasteiger partial charge >= 0.3 is 5.97 Å². The van der Waals surface area contributed by atoms with Gasteiger partial charge in [-0.05, 0) is 12.8 Å². The Morgan fingerprint density at radius 3 is 2.74 bits per heavy atom. The molecule has 0 amide bonds. The molecule has 1 aliphatic heterocycles. The van der Waals surface area contributed by atoms with Crippen LogP contribution in [0.2, 0.25) is 0 Å². The van der Waals surface area contributed by atoms with Crippen LogP contribution in [0.4, 0.5) is 0 Å². The SMILES string of the molecule is O=C(O)CSc1nnc(C2CC2)n1N1CCOCC1. The number of hydrogen-bond donors (Lipinski definition) is 1. The van der Waals surface area contributed by atoms with E-state index < -0.39 is 5.97 Å². The number of aromatic nitrogens is 3. The highest BCUT2D eigenvalue weighted by atomic mass is 32.2. The number of carboxylic acid groups (broad SMARTS) is 1. The topological polar surface area (TPSA) is 80.5 Å². The quantitative estimate of drug-likeness (QED) is 0.779. The van der Waals surface area contributed by atoms with Gasteiger partial charge in [0.15, 0.2) is 5.82 Å². The third-order valence-electron chi connectivity index (χ3n) is 3.17. The summed E-state index contributed by atoms with van der Waals surface area (Å²) in [4.78, 5) is 10.7.